The third-order valence-electron chi connectivity index (χ3n) is 2.82. The predicted molar refractivity (Wildman–Crippen MR) is 83.2 cm³/mol. The lowest BCUT2D eigenvalue weighted by molar-refractivity contribution is 0.682. The Morgan fingerprint density at radius 1 is 0.947 bits per heavy atom. The first-order valence-corrected chi connectivity index (χ1v) is 8.14. The fraction of sp³-hybridized carbons (Fsp3) is 0.200. The van der Waals surface area contributed by atoms with E-state index in [9.17, 15) is 4.21 Å². The average Bonchev–Trinajstić information content (AvgIpc) is 2.37. The molecule has 1 unspecified atom stereocenters. The van der Waals surface area contributed by atoms with E-state index in [1.807, 2.05) is 31.2 Å². The molecule has 4 heteroatoms. The van der Waals surface area contributed by atoms with Crippen molar-refractivity contribution in [3.05, 3.63) is 69.2 Å². The molecular weight excluding hydrogens is 299 g/mol. The molecular formula is C15H14Cl2OS. The van der Waals surface area contributed by atoms with Gasteiger partial charge in [0.25, 0.3) is 0 Å². The molecule has 1 nitrogen and oxygen atoms in total. The molecule has 1 atom stereocenters. The summed E-state index contributed by atoms with van der Waals surface area (Å²) >= 11 is 12.2. The topological polar surface area (TPSA) is 17.1 Å². The van der Waals surface area contributed by atoms with Crippen LogP contribution < -0.4 is 0 Å². The van der Waals surface area contributed by atoms with Crippen molar-refractivity contribution in [3.63, 3.8) is 0 Å². The normalized spacial score (nSPS) is 12.4. The van der Waals surface area contributed by atoms with Gasteiger partial charge in [-0.05, 0) is 24.6 Å². The lowest BCUT2D eigenvalue weighted by Gasteiger charge is -2.07. The molecule has 2 aromatic carbocycles. The molecule has 19 heavy (non-hydrogen) atoms. The summed E-state index contributed by atoms with van der Waals surface area (Å²) in [4.78, 5) is 0. The van der Waals surface area contributed by atoms with Gasteiger partial charge < -0.3 is 0 Å². The Bertz CT molecular complexity index is 573. The highest BCUT2D eigenvalue weighted by atomic mass is 35.5. The van der Waals surface area contributed by atoms with Crippen LogP contribution in [0, 0.1) is 6.92 Å². The van der Waals surface area contributed by atoms with Crippen LogP contribution >= 0.6 is 23.2 Å². The van der Waals surface area contributed by atoms with E-state index < -0.39 is 10.8 Å². The largest absolute Gasteiger partial charge is 0.259 e. The van der Waals surface area contributed by atoms with Gasteiger partial charge in [-0.3, -0.25) is 4.21 Å². The Balaban J connectivity index is 2.07. The van der Waals surface area contributed by atoms with Crippen molar-refractivity contribution in [2.24, 2.45) is 0 Å². The number of benzene rings is 2. The van der Waals surface area contributed by atoms with Gasteiger partial charge in [-0.25, -0.2) is 0 Å². The third-order valence-corrected chi connectivity index (χ3v) is 4.79. The fourth-order valence-electron chi connectivity index (χ4n) is 1.75. The maximum Gasteiger partial charge on any atom is 0.0518 e. The molecule has 0 aliphatic carbocycles. The number of hydrogen-bond acceptors (Lipinski definition) is 1. The van der Waals surface area contributed by atoms with E-state index >= 15 is 0 Å². The smallest absolute Gasteiger partial charge is 0.0518 e. The van der Waals surface area contributed by atoms with E-state index in [1.165, 1.54) is 5.56 Å². The summed E-state index contributed by atoms with van der Waals surface area (Å²) in [6.45, 7) is 2.03. The van der Waals surface area contributed by atoms with Gasteiger partial charge in [-0.15, -0.1) is 0 Å². The molecule has 0 bridgehead atoms. The molecule has 0 saturated carbocycles. The van der Waals surface area contributed by atoms with E-state index in [0.717, 1.165) is 11.1 Å². The van der Waals surface area contributed by atoms with Gasteiger partial charge in [-0.1, -0.05) is 59.1 Å². The molecule has 0 heterocycles. The molecule has 0 aliphatic heterocycles. The van der Waals surface area contributed by atoms with E-state index in [2.05, 4.69) is 0 Å². The Morgan fingerprint density at radius 3 is 2.11 bits per heavy atom. The number of aryl methyl sites for hydroxylation is 1. The Hall–Kier alpha value is -0.830. The zero-order valence-electron chi connectivity index (χ0n) is 10.5. The van der Waals surface area contributed by atoms with Crippen molar-refractivity contribution in [2.75, 3.05) is 0 Å². The van der Waals surface area contributed by atoms with E-state index in [-0.39, 0.29) is 0 Å². The quantitative estimate of drug-likeness (QED) is 0.796. The molecule has 0 spiro atoms. The van der Waals surface area contributed by atoms with Crippen molar-refractivity contribution in [2.45, 2.75) is 18.4 Å². The lowest BCUT2D eigenvalue weighted by Crippen LogP contribution is -2.01. The van der Waals surface area contributed by atoms with Crippen molar-refractivity contribution >= 4 is 34.0 Å². The van der Waals surface area contributed by atoms with Gasteiger partial charge >= 0.3 is 0 Å². The summed E-state index contributed by atoms with van der Waals surface area (Å²) in [7, 11) is -1.02. The summed E-state index contributed by atoms with van der Waals surface area (Å²) in [6.07, 6.45) is 0. The van der Waals surface area contributed by atoms with Crippen LogP contribution in [0.1, 0.15) is 16.7 Å². The summed E-state index contributed by atoms with van der Waals surface area (Å²) in [6, 6.07) is 13.4. The average molecular weight is 313 g/mol. The van der Waals surface area contributed by atoms with Gasteiger partial charge in [0.2, 0.25) is 0 Å². The minimum absolute atomic E-state index is 0.381. The van der Waals surface area contributed by atoms with Gasteiger partial charge in [0.1, 0.15) is 0 Å². The molecule has 0 amide bonds. The summed E-state index contributed by atoms with van der Waals surface area (Å²) in [5, 5.41) is 1.15. The second-order valence-corrected chi connectivity index (χ2v) is 6.69. The number of rotatable bonds is 4. The second kappa shape index (κ2) is 6.56. The standard InChI is InChI=1S/C15H14Cl2OS/c1-11-5-7-12(8-6-11)9-19(18)10-13-14(16)3-2-4-15(13)17/h2-8H,9-10H2,1H3. The highest BCUT2D eigenvalue weighted by Gasteiger charge is 2.10. The van der Waals surface area contributed by atoms with Gasteiger partial charge in [0, 0.05) is 32.2 Å². The number of halogens is 2. The van der Waals surface area contributed by atoms with Crippen molar-refractivity contribution < 1.29 is 4.21 Å². The molecule has 0 fully saturated rings. The van der Waals surface area contributed by atoms with Crippen LogP contribution in [0.3, 0.4) is 0 Å². The monoisotopic (exact) mass is 312 g/mol. The molecule has 2 aromatic rings. The van der Waals surface area contributed by atoms with Crippen molar-refractivity contribution in [1.82, 2.24) is 0 Å². The third kappa shape index (κ3) is 4.07. The molecule has 0 saturated heterocycles. The first kappa shape index (κ1) is 14.6. The van der Waals surface area contributed by atoms with Crippen LogP contribution in [0.4, 0.5) is 0 Å². The van der Waals surface area contributed by atoms with Gasteiger partial charge in [-0.2, -0.15) is 0 Å². The zero-order chi connectivity index (χ0) is 13.8. The second-order valence-electron chi connectivity index (χ2n) is 4.41. The molecule has 100 valence electrons. The van der Waals surface area contributed by atoms with Crippen molar-refractivity contribution in [1.29, 1.82) is 0 Å². The van der Waals surface area contributed by atoms with E-state index in [4.69, 9.17) is 23.2 Å². The van der Waals surface area contributed by atoms with Gasteiger partial charge in [0.05, 0.1) is 5.75 Å². The molecule has 0 aromatic heterocycles. The number of hydrogen-bond donors (Lipinski definition) is 0. The Labute approximate surface area is 126 Å². The highest BCUT2D eigenvalue weighted by molar-refractivity contribution is 7.83. The fourth-order valence-corrected chi connectivity index (χ4v) is 3.74. The van der Waals surface area contributed by atoms with Crippen LogP contribution in [0.2, 0.25) is 10.0 Å². The zero-order valence-corrected chi connectivity index (χ0v) is 12.9. The maximum atomic E-state index is 12.2. The Kier molecular flexibility index (Phi) is 5.03. The van der Waals surface area contributed by atoms with Gasteiger partial charge in [0.15, 0.2) is 0 Å². The Morgan fingerprint density at radius 2 is 1.53 bits per heavy atom. The SMILES string of the molecule is Cc1ccc(CS(=O)Cc2c(Cl)cccc2Cl)cc1. The molecule has 0 radical (unpaired) electrons. The summed E-state index contributed by atoms with van der Waals surface area (Å²) in [5.74, 6) is 0.897. The van der Waals surface area contributed by atoms with Crippen LogP contribution in [0.5, 0.6) is 0 Å². The highest BCUT2D eigenvalue weighted by Crippen LogP contribution is 2.26. The first-order chi connectivity index (χ1) is 9.06. The van der Waals surface area contributed by atoms with Crippen LogP contribution in [0.15, 0.2) is 42.5 Å². The van der Waals surface area contributed by atoms with Crippen molar-refractivity contribution in [3.8, 4) is 0 Å². The molecule has 2 rings (SSSR count). The minimum Gasteiger partial charge on any atom is -0.259 e. The van der Waals surface area contributed by atoms with Crippen LogP contribution in [-0.4, -0.2) is 4.21 Å². The summed E-state index contributed by atoms with van der Waals surface area (Å²) in [5.41, 5.74) is 3.02. The minimum atomic E-state index is -1.02. The lowest BCUT2D eigenvalue weighted by atomic mass is 10.2. The van der Waals surface area contributed by atoms with Crippen LogP contribution in [0.25, 0.3) is 0 Å². The van der Waals surface area contributed by atoms with Crippen LogP contribution in [-0.2, 0) is 22.3 Å². The first-order valence-electron chi connectivity index (χ1n) is 5.89. The maximum absolute atomic E-state index is 12.2. The van der Waals surface area contributed by atoms with E-state index in [1.54, 1.807) is 18.2 Å². The van der Waals surface area contributed by atoms with E-state index in [0.29, 0.717) is 21.6 Å². The predicted octanol–water partition coefficient (Wildman–Crippen LogP) is 4.75. The molecule has 0 aliphatic rings. The molecule has 0 N–H and O–H groups in total. The summed E-state index contributed by atoms with van der Waals surface area (Å²) < 4.78 is 12.2.